The maximum absolute atomic E-state index is 16.1. The van der Waals surface area contributed by atoms with E-state index in [9.17, 15) is 4.79 Å². The fourth-order valence-corrected chi connectivity index (χ4v) is 5.36. The Labute approximate surface area is 201 Å². The zero-order valence-corrected chi connectivity index (χ0v) is 19.9. The molecule has 2 aromatic carbocycles. The smallest absolute Gasteiger partial charge is 0.246 e. The predicted molar refractivity (Wildman–Crippen MR) is 133 cm³/mol. The van der Waals surface area contributed by atoms with E-state index < -0.39 is 5.82 Å². The standard InChI is InChI=1S/C25H24ClFN6O/c1-5-19(34)33-14(3)10-32(11-15(33)4)25-17-8-18(26)21(22(27)24(17)28-12-29-25)20-13(2)6-7-16-9-30-31-23(16)20/h5-9,12,14-15H,1,10-11H2,2-4H3,(H,30,31)/t14-,15+. The first-order chi connectivity index (χ1) is 16.3. The SMILES string of the molecule is C=CC(=O)N1[C@H](C)CN(c2ncnc3c(F)c(-c4c(C)ccc5cn[nH]c45)c(Cl)cc23)C[C@@H]1C. The van der Waals surface area contributed by atoms with Gasteiger partial charge >= 0.3 is 0 Å². The lowest BCUT2D eigenvalue weighted by atomic mass is 9.96. The van der Waals surface area contributed by atoms with Crippen molar-refractivity contribution in [2.45, 2.75) is 32.9 Å². The number of benzene rings is 2. The van der Waals surface area contributed by atoms with Crippen LogP contribution < -0.4 is 4.90 Å². The first kappa shape index (κ1) is 22.3. The second-order valence-electron chi connectivity index (χ2n) is 8.79. The van der Waals surface area contributed by atoms with E-state index in [0.717, 1.165) is 16.5 Å². The van der Waals surface area contributed by atoms with Gasteiger partial charge in [-0.2, -0.15) is 5.10 Å². The van der Waals surface area contributed by atoms with Gasteiger partial charge in [-0.1, -0.05) is 30.3 Å². The van der Waals surface area contributed by atoms with Crippen LogP contribution in [-0.4, -0.2) is 56.1 Å². The highest BCUT2D eigenvalue weighted by molar-refractivity contribution is 6.35. The fourth-order valence-electron chi connectivity index (χ4n) is 5.07. The number of carbonyl (C=O) groups excluding carboxylic acids is 1. The van der Waals surface area contributed by atoms with E-state index in [0.29, 0.717) is 29.9 Å². The average Bonchev–Trinajstić information content (AvgIpc) is 3.28. The van der Waals surface area contributed by atoms with Gasteiger partial charge in [0.2, 0.25) is 5.91 Å². The minimum absolute atomic E-state index is 0.0699. The first-order valence-corrected chi connectivity index (χ1v) is 11.4. The molecular formula is C25H24ClFN6O. The number of aromatic amines is 1. The van der Waals surface area contributed by atoms with Gasteiger partial charge in [0.15, 0.2) is 5.82 Å². The number of aryl methyl sites for hydroxylation is 1. The summed E-state index contributed by atoms with van der Waals surface area (Å²) in [6.07, 6.45) is 4.41. The van der Waals surface area contributed by atoms with Crippen molar-refractivity contribution in [3.05, 3.63) is 59.8 Å². The van der Waals surface area contributed by atoms with Gasteiger partial charge in [-0.3, -0.25) is 9.89 Å². The lowest BCUT2D eigenvalue weighted by Crippen LogP contribution is -2.58. The third-order valence-electron chi connectivity index (χ3n) is 6.52. The number of hydrogen-bond acceptors (Lipinski definition) is 5. The number of hydrogen-bond donors (Lipinski definition) is 1. The van der Waals surface area contributed by atoms with E-state index in [1.165, 1.54) is 12.4 Å². The van der Waals surface area contributed by atoms with E-state index in [1.54, 1.807) is 12.3 Å². The predicted octanol–water partition coefficient (Wildman–Crippen LogP) is 4.89. The molecule has 1 N–H and O–H groups in total. The number of piperazine rings is 1. The van der Waals surface area contributed by atoms with Crippen LogP contribution in [0.4, 0.5) is 10.2 Å². The molecule has 3 heterocycles. The van der Waals surface area contributed by atoms with Crippen LogP contribution in [0.1, 0.15) is 19.4 Å². The molecule has 0 saturated carbocycles. The van der Waals surface area contributed by atoms with Gasteiger partial charge < -0.3 is 9.80 Å². The van der Waals surface area contributed by atoms with Gasteiger partial charge in [-0.15, -0.1) is 0 Å². The van der Waals surface area contributed by atoms with Crippen LogP contribution in [0, 0.1) is 12.7 Å². The van der Waals surface area contributed by atoms with E-state index in [4.69, 9.17) is 11.6 Å². The van der Waals surface area contributed by atoms with E-state index >= 15 is 4.39 Å². The normalized spacial score (nSPS) is 18.6. The Morgan fingerprint density at radius 2 is 1.97 bits per heavy atom. The van der Waals surface area contributed by atoms with Crippen LogP contribution in [0.3, 0.4) is 0 Å². The number of carbonyl (C=O) groups is 1. The highest BCUT2D eigenvalue weighted by Gasteiger charge is 2.33. The number of rotatable bonds is 3. The van der Waals surface area contributed by atoms with E-state index in [2.05, 4.69) is 31.6 Å². The summed E-state index contributed by atoms with van der Waals surface area (Å²) in [5, 5.41) is 8.75. The third-order valence-corrected chi connectivity index (χ3v) is 6.82. The monoisotopic (exact) mass is 478 g/mol. The molecule has 9 heteroatoms. The summed E-state index contributed by atoms with van der Waals surface area (Å²) in [4.78, 5) is 24.9. The maximum Gasteiger partial charge on any atom is 0.246 e. The Bertz CT molecular complexity index is 1440. The Kier molecular flexibility index (Phi) is 5.48. The van der Waals surface area contributed by atoms with Crippen LogP contribution in [0.2, 0.25) is 5.02 Å². The second-order valence-corrected chi connectivity index (χ2v) is 9.19. The van der Waals surface area contributed by atoms with E-state index in [-0.39, 0.29) is 34.1 Å². The number of aromatic nitrogens is 4. The Balaban J connectivity index is 1.64. The van der Waals surface area contributed by atoms with Crippen LogP contribution in [0.25, 0.3) is 32.9 Å². The molecule has 2 atom stereocenters. The van der Waals surface area contributed by atoms with Crippen molar-refractivity contribution < 1.29 is 9.18 Å². The summed E-state index contributed by atoms with van der Waals surface area (Å²) in [6.45, 7) is 10.6. The highest BCUT2D eigenvalue weighted by atomic mass is 35.5. The molecule has 0 aliphatic carbocycles. The number of halogens is 2. The van der Waals surface area contributed by atoms with Crippen molar-refractivity contribution >= 4 is 45.1 Å². The molecule has 0 bridgehead atoms. The van der Waals surface area contributed by atoms with Crippen molar-refractivity contribution in [2.75, 3.05) is 18.0 Å². The zero-order chi connectivity index (χ0) is 24.1. The lowest BCUT2D eigenvalue weighted by molar-refractivity contribution is -0.130. The molecule has 1 saturated heterocycles. The second kappa shape index (κ2) is 8.36. The summed E-state index contributed by atoms with van der Waals surface area (Å²) < 4.78 is 16.1. The van der Waals surface area contributed by atoms with Crippen molar-refractivity contribution in [3.8, 4) is 11.1 Å². The fraction of sp³-hybridized carbons (Fsp3) is 0.280. The quantitative estimate of drug-likeness (QED) is 0.424. The summed E-state index contributed by atoms with van der Waals surface area (Å²) in [5.74, 6) is -0.00887. The van der Waals surface area contributed by atoms with Gasteiger partial charge in [0.25, 0.3) is 0 Å². The number of nitrogens with zero attached hydrogens (tertiary/aromatic N) is 5. The first-order valence-electron chi connectivity index (χ1n) is 11.1. The van der Waals surface area contributed by atoms with Crippen LogP contribution in [0.15, 0.2) is 43.4 Å². The maximum atomic E-state index is 16.1. The van der Waals surface area contributed by atoms with Gasteiger partial charge in [-0.25, -0.2) is 14.4 Å². The van der Waals surface area contributed by atoms with Crippen LogP contribution in [0.5, 0.6) is 0 Å². The van der Waals surface area contributed by atoms with Crippen molar-refractivity contribution in [1.29, 1.82) is 0 Å². The molecule has 0 unspecified atom stereocenters. The minimum atomic E-state index is -0.502. The van der Waals surface area contributed by atoms with Gasteiger partial charge in [0, 0.05) is 47.1 Å². The molecule has 34 heavy (non-hydrogen) atoms. The van der Waals surface area contributed by atoms with Gasteiger partial charge in [0.05, 0.1) is 16.7 Å². The Hall–Kier alpha value is -3.52. The van der Waals surface area contributed by atoms with Crippen molar-refractivity contribution in [1.82, 2.24) is 25.1 Å². The molecule has 1 amide bonds. The lowest BCUT2D eigenvalue weighted by Gasteiger charge is -2.44. The molecule has 1 aliphatic rings. The number of fused-ring (bicyclic) bond motifs is 2. The molecule has 7 nitrogen and oxygen atoms in total. The number of amides is 1. The van der Waals surface area contributed by atoms with Gasteiger partial charge in [-0.05, 0) is 38.5 Å². The molecule has 174 valence electrons. The molecule has 2 aromatic heterocycles. The van der Waals surface area contributed by atoms with Crippen LogP contribution in [-0.2, 0) is 4.79 Å². The number of nitrogens with one attached hydrogen (secondary N) is 1. The van der Waals surface area contributed by atoms with E-state index in [1.807, 2.05) is 37.8 Å². The van der Waals surface area contributed by atoms with Crippen LogP contribution >= 0.6 is 11.6 Å². The summed E-state index contributed by atoms with van der Waals surface area (Å²) in [7, 11) is 0. The third kappa shape index (κ3) is 3.40. The molecule has 4 aromatic rings. The zero-order valence-electron chi connectivity index (χ0n) is 19.1. The molecule has 0 spiro atoms. The summed E-state index contributed by atoms with van der Waals surface area (Å²) in [5.41, 5.74) is 2.75. The molecule has 0 radical (unpaired) electrons. The molecule has 5 rings (SSSR count). The summed E-state index contributed by atoms with van der Waals surface area (Å²) >= 11 is 6.72. The summed E-state index contributed by atoms with van der Waals surface area (Å²) in [6, 6.07) is 5.45. The largest absolute Gasteiger partial charge is 0.352 e. The Morgan fingerprint density at radius 3 is 2.68 bits per heavy atom. The Morgan fingerprint density at radius 1 is 1.24 bits per heavy atom. The minimum Gasteiger partial charge on any atom is -0.352 e. The van der Waals surface area contributed by atoms with Gasteiger partial charge in [0.1, 0.15) is 17.7 Å². The number of anilines is 1. The highest BCUT2D eigenvalue weighted by Crippen LogP contribution is 2.41. The molecular weight excluding hydrogens is 455 g/mol. The van der Waals surface area contributed by atoms with Crippen molar-refractivity contribution in [3.63, 3.8) is 0 Å². The van der Waals surface area contributed by atoms with Crippen molar-refractivity contribution in [2.24, 2.45) is 0 Å². The molecule has 1 fully saturated rings. The number of H-pyrrole nitrogens is 1. The molecule has 1 aliphatic heterocycles. The average molecular weight is 479 g/mol. The topological polar surface area (TPSA) is 78.0 Å².